The van der Waals surface area contributed by atoms with Gasteiger partial charge in [0.15, 0.2) is 0 Å². The van der Waals surface area contributed by atoms with Crippen LogP contribution >= 0.6 is 0 Å². The van der Waals surface area contributed by atoms with E-state index in [0.29, 0.717) is 12.0 Å². The zero-order valence-corrected chi connectivity index (χ0v) is 9.65. The third kappa shape index (κ3) is 1.79. The molecule has 2 saturated heterocycles. The van der Waals surface area contributed by atoms with E-state index >= 15 is 0 Å². The molecule has 1 saturated carbocycles. The highest BCUT2D eigenvalue weighted by Gasteiger charge is 2.41. The highest BCUT2D eigenvalue weighted by Crippen LogP contribution is 2.34. The Hall–Kier alpha value is -0.770. The van der Waals surface area contributed by atoms with E-state index in [0.717, 1.165) is 38.9 Å². The van der Waals surface area contributed by atoms with Gasteiger partial charge >= 0.3 is 6.09 Å². The molecule has 0 aromatic heterocycles. The summed E-state index contributed by atoms with van der Waals surface area (Å²) in [7, 11) is 0. The van der Waals surface area contributed by atoms with Crippen LogP contribution in [0.2, 0.25) is 0 Å². The molecule has 90 valence electrons. The standard InChI is InChI=1S/C12H20N2O2/c15-12-14(10-4-6-13-7-5-10)8-9-2-1-3-11(9)16-12/h9-11,13H,1-8H2. The van der Waals surface area contributed by atoms with Crippen LogP contribution in [0.3, 0.4) is 0 Å². The van der Waals surface area contributed by atoms with Crippen LogP contribution in [0.25, 0.3) is 0 Å². The summed E-state index contributed by atoms with van der Waals surface area (Å²) in [5.41, 5.74) is 0. The predicted octanol–water partition coefficient (Wildman–Crippen LogP) is 1.36. The molecule has 1 N–H and O–H groups in total. The molecule has 0 aromatic rings. The molecule has 3 aliphatic rings. The number of ether oxygens (including phenoxy) is 1. The fourth-order valence-electron chi connectivity index (χ4n) is 3.31. The maximum Gasteiger partial charge on any atom is 0.410 e. The van der Waals surface area contributed by atoms with Crippen LogP contribution < -0.4 is 5.32 Å². The van der Waals surface area contributed by atoms with Gasteiger partial charge in [-0.2, -0.15) is 0 Å². The lowest BCUT2D eigenvalue weighted by atomic mass is 9.99. The molecule has 2 aliphatic heterocycles. The second kappa shape index (κ2) is 4.24. The number of carbonyl (C=O) groups is 1. The Morgan fingerprint density at radius 2 is 2.00 bits per heavy atom. The molecule has 4 nitrogen and oxygen atoms in total. The smallest absolute Gasteiger partial charge is 0.410 e. The third-order valence-electron chi connectivity index (χ3n) is 4.26. The summed E-state index contributed by atoms with van der Waals surface area (Å²) in [4.78, 5) is 13.9. The second-order valence-electron chi connectivity index (χ2n) is 5.25. The molecular formula is C12H20N2O2. The number of fused-ring (bicyclic) bond motifs is 1. The summed E-state index contributed by atoms with van der Waals surface area (Å²) < 4.78 is 5.54. The molecule has 0 spiro atoms. The first kappa shape index (κ1) is 10.4. The minimum absolute atomic E-state index is 0.0601. The van der Waals surface area contributed by atoms with Gasteiger partial charge in [-0.15, -0.1) is 0 Å². The lowest BCUT2D eigenvalue weighted by Gasteiger charge is -2.40. The van der Waals surface area contributed by atoms with E-state index in [1.807, 2.05) is 4.90 Å². The summed E-state index contributed by atoms with van der Waals surface area (Å²) in [5, 5.41) is 3.34. The summed E-state index contributed by atoms with van der Waals surface area (Å²) >= 11 is 0. The van der Waals surface area contributed by atoms with Crippen molar-refractivity contribution in [3.63, 3.8) is 0 Å². The first-order valence-electron chi connectivity index (χ1n) is 6.52. The lowest BCUT2D eigenvalue weighted by Crippen LogP contribution is -2.53. The summed E-state index contributed by atoms with van der Waals surface area (Å²) in [6, 6.07) is 0.412. The minimum Gasteiger partial charge on any atom is -0.446 e. The highest BCUT2D eigenvalue weighted by molar-refractivity contribution is 5.69. The van der Waals surface area contributed by atoms with E-state index in [1.165, 1.54) is 12.8 Å². The van der Waals surface area contributed by atoms with Crippen LogP contribution in [0.4, 0.5) is 4.79 Å². The Labute approximate surface area is 96.3 Å². The average Bonchev–Trinajstić information content (AvgIpc) is 2.76. The molecule has 0 radical (unpaired) electrons. The van der Waals surface area contributed by atoms with Gasteiger partial charge in [0, 0.05) is 18.5 Å². The van der Waals surface area contributed by atoms with Crippen molar-refractivity contribution in [3.05, 3.63) is 0 Å². The molecule has 4 heteroatoms. The van der Waals surface area contributed by atoms with Crippen molar-refractivity contribution >= 4 is 6.09 Å². The molecule has 3 rings (SSSR count). The fraction of sp³-hybridized carbons (Fsp3) is 0.917. The van der Waals surface area contributed by atoms with E-state index in [1.54, 1.807) is 0 Å². The van der Waals surface area contributed by atoms with E-state index in [2.05, 4.69) is 5.32 Å². The summed E-state index contributed by atoms with van der Waals surface area (Å²) in [5.74, 6) is 0.604. The number of nitrogens with zero attached hydrogens (tertiary/aromatic N) is 1. The van der Waals surface area contributed by atoms with Gasteiger partial charge in [-0.1, -0.05) is 0 Å². The Kier molecular flexibility index (Phi) is 2.75. The molecule has 3 fully saturated rings. The van der Waals surface area contributed by atoms with Crippen LogP contribution in [-0.4, -0.2) is 42.8 Å². The normalized spacial score (nSPS) is 36.0. The van der Waals surface area contributed by atoms with Crippen molar-refractivity contribution in [2.24, 2.45) is 5.92 Å². The zero-order chi connectivity index (χ0) is 11.0. The Morgan fingerprint density at radius 1 is 1.19 bits per heavy atom. The van der Waals surface area contributed by atoms with Crippen molar-refractivity contribution in [2.45, 2.75) is 44.2 Å². The molecule has 2 atom stereocenters. The molecule has 0 aromatic carbocycles. The fourth-order valence-corrected chi connectivity index (χ4v) is 3.31. The average molecular weight is 224 g/mol. The molecule has 0 bridgehead atoms. The first-order chi connectivity index (χ1) is 7.84. The topological polar surface area (TPSA) is 41.6 Å². The van der Waals surface area contributed by atoms with Gasteiger partial charge in [0.05, 0.1) is 0 Å². The van der Waals surface area contributed by atoms with Gasteiger partial charge in [-0.3, -0.25) is 0 Å². The zero-order valence-electron chi connectivity index (χ0n) is 9.65. The van der Waals surface area contributed by atoms with Crippen LogP contribution in [0.15, 0.2) is 0 Å². The third-order valence-corrected chi connectivity index (χ3v) is 4.26. The number of carbonyl (C=O) groups excluding carboxylic acids is 1. The number of piperidine rings is 1. The minimum atomic E-state index is -0.0601. The van der Waals surface area contributed by atoms with E-state index in [9.17, 15) is 4.79 Å². The van der Waals surface area contributed by atoms with E-state index in [4.69, 9.17) is 4.74 Å². The SMILES string of the molecule is O=C1OC2CCCC2CN1C1CCNCC1. The number of hydrogen-bond donors (Lipinski definition) is 1. The van der Waals surface area contributed by atoms with Crippen LogP contribution in [0.5, 0.6) is 0 Å². The first-order valence-corrected chi connectivity index (χ1v) is 6.52. The van der Waals surface area contributed by atoms with Crippen LogP contribution in [-0.2, 0) is 4.74 Å². The molecule has 1 amide bonds. The molecule has 16 heavy (non-hydrogen) atoms. The number of nitrogens with one attached hydrogen (secondary N) is 1. The molecule has 2 heterocycles. The Balaban J connectivity index is 1.67. The lowest BCUT2D eigenvalue weighted by molar-refractivity contribution is -0.0152. The molecule has 1 aliphatic carbocycles. The Bertz CT molecular complexity index is 276. The number of amides is 1. The van der Waals surface area contributed by atoms with Gasteiger partial charge in [-0.05, 0) is 45.2 Å². The van der Waals surface area contributed by atoms with Gasteiger partial charge in [-0.25, -0.2) is 4.79 Å². The second-order valence-corrected chi connectivity index (χ2v) is 5.25. The van der Waals surface area contributed by atoms with Gasteiger partial charge in [0.2, 0.25) is 0 Å². The number of hydrogen-bond acceptors (Lipinski definition) is 3. The van der Waals surface area contributed by atoms with Crippen LogP contribution in [0, 0.1) is 5.92 Å². The van der Waals surface area contributed by atoms with E-state index < -0.39 is 0 Å². The van der Waals surface area contributed by atoms with Crippen molar-refractivity contribution < 1.29 is 9.53 Å². The monoisotopic (exact) mass is 224 g/mol. The largest absolute Gasteiger partial charge is 0.446 e. The predicted molar refractivity (Wildman–Crippen MR) is 60.2 cm³/mol. The van der Waals surface area contributed by atoms with Crippen molar-refractivity contribution in [1.82, 2.24) is 10.2 Å². The molecular weight excluding hydrogens is 204 g/mol. The quantitative estimate of drug-likeness (QED) is 0.731. The summed E-state index contributed by atoms with van der Waals surface area (Å²) in [6.07, 6.45) is 5.86. The number of rotatable bonds is 1. The van der Waals surface area contributed by atoms with Crippen molar-refractivity contribution in [2.75, 3.05) is 19.6 Å². The van der Waals surface area contributed by atoms with Gasteiger partial charge in [0.1, 0.15) is 6.10 Å². The maximum atomic E-state index is 11.9. The van der Waals surface area contributed by atoms with Gasteiger partial charge in [0.25, 0.3) is 0 Å². The van der Waals surface area contributed by atoms with E-state index in [-0.39, 0.29) is 12.2 Å². The summed E-state index contributed by atoms with van der Waals surface area (Å²) in [6.45, 7) is 3.00. The molecule has 2 unspecified atom stereocenters. The maximum absolute atomic E-state index is 11.9. The van der Waals surface area contributed by atoms with Crippen LogP contribution in [0.1, 0.15) is 32.1 Å². The van der Waals surface area contributed by atoms with Crippen molar-refractivity contribution in [1.29, 1.82) is 0 Å². The van der Waals surface area contributed by atoms with Gasteiger partial charge < -0.3 is 15.0 Å². The van der Waals surface area contributed by atoms with Crippen molar-refractivity contribution in [3.8, 4) is 0 Å². The highest BCUT2D eigenvalue weighted by atomic mass is 16.6. The Morgan fingerprint density at radius 3 is 2.81 bits per heavy atom.